The lowest BCUT2D eigenvalue weighted by molar-refractivity contribution is 1.62. The van der Waals surface area contributed by atoms with Crippen LogP contribution in [0.3, 0.4) is 0 Å². The Hall–Kier alpha value is 0.620. The highest BCUT2D eigenvalue weighted by atomic mass is 127. The van der Waals surface area contributed by atoms with Gasteiger partial charge in [-0.25, -0.2) is 0 Å². The van der Waals surface area contributed by atoms with Gasteiger partial charge < -0.3 is 5.73 Å². The van der Waals surface area contributed by atoms with Crippen molar-refractivity contribution in [2.45, 2.75) is 0 Å². The molecule has 0 bridgehead atoms. The molecule has 0 spiro atoms. The van der Waals surface area contributed by atoms with Crippen LogP contribution in [0.4, 0.5) is 5.69 Å². The predicted octanol–water partition coefficient (Wildman–Crippen LogP) is 3.60. The summed E-state index contributed by atoms with van der Waals surface area (Å²) in [6.07, 6.45) is 0. The van der Waals surface area contributed by atoms with Gasteiger partial charge in [-0.05, 0) is 34.7 Å². The number of benzene rings is 1. The van der Waals surface area contributed by atoms with E-state index >= 15 is 0 Å². The zero-order valence-corrected chi connectivity index (χ0v) is 9.76. The molecule has 0 aliphatic carbocycles. The minimum atomic E-state index is 0. The van der Waals surface area contributed by atoms with Gasteiger partial charge in [0.25, 0.3) is 0 Å². The van der Waals surface area contributed by atoms with Gasteiger partial charge in [-0.2, -0.15) is 0 Å². The maximum Gasteiger partial charge on any atom is 0.0832 e. The van der Waals surface area contributed by atoms with E-state index in [-0.39, 0.29) is 12.4 Å². The number of nitrogens with two attached hydrogens (primary N) is 1. The normalized spacial score (nSPS) is 9.00. The number of rotatable bonds is 0. The number of nitrogen functional groups attached to an aromatic ring is 1. The molecule has 0 radical (unpaired) electrons. The molecule has 0 heterocycles. The Labute approximate surface area is 94.8 Å². The van der Waals surface area contributed by atoms with Gasteiger partial charge in [-0.15, -0.1) is 12.4 Å². The van der Waals surface area contributed by atoms with Crippen LogP contribution in [0.1, 0.15) is 0 Å². The van der Waals surface area contributed by atoms with Gasteiger partial charge >= 0.3 is 0 Å². The van der Waals surface area contributed by atoms with Crippen LogP contribution in [-0.4, -0.2) is 0 Å². The molecule has 1 aromatic carbocycles. The molecule has 1 rings (SSSR count). The van der Waals surface area contributed by atoms with Crippen LogP contribution in [0, 0.1) is 3.57 Å². The molecule has 1 nitrogen and oxygen atoms in total. The first-order chi connectivity index (χ1) is 4.63. The first-order valence-electron chi connectivity index (χ1n) is 2.52. The summed E-state index contributed by atoms with van der Waals surface area (Å²) in [5, 5.41) is 0.938. The highest BCUT2D eigenvalue weighted by molar-refractivity contribution is 14.1. The van der Waals surface area contributed by atoms with Gasteiger partial charge in [0, 0.05) is 3.57 Å². The number of hydrogen-bond donors (Lipinski definition) is 1. The van der Waals surface area contributed by atoms with Crippen LogP contribution < -0.4 is 5.73 Å². The summed E-state index contributed by atoms with van der Waals surface area (Å²) in [5.41, 5.74) is 6.11. The van der Waals surface area contributed by atoms with Crippen LogP contribution in [0.15, 0.2) is 12.1 Å². The van der Waals surface area contributed by atoms with E-state index in [2.05, 4.69) is 22.6 Å². The smallest absolute Gasteiger partial charge is 0.0832 e. The Kier molecular flexibility index (Phi) is 4.86. The van der Waals surface area contributed by atoms with E-state index in [0.29, 0.717) is 15.7 Å². The summed E-state index contributed by atoms with van der Waals surface area (Å²) >= 11 is 13.5. The van der Waals surface area contributed by atoms with Gasteiger partial charge in [0.2, 0.25) is 0 Å². The van der Waals surface area contributed by atoms with Crippen molar-refractivity contribution in [2.75, 3.05) is 5.73 Å². The summed E-state index contributed by atoms with van der Waals surface area (Å²) < 4.78 is 0.923. The first-order valence-corrected chi connectivity index (χ1v) is 4.35. The monoisotopic (exact) mass is 323 g/mol. The third kappa shape index (κ3) is 2.54. The van der Waals surface area contributed by atoms with Gasteiger partial charge in [-0.3, -0.25) is 0 Å². The quantitative estimate of drug-likeness (QED) is 0.440. The molecule has 0 saturated carbocycles. The molecule has 11 heavy (non-hydrogen) atoms. The van der Waals surface area contributed by atoms with Crippen molar-refractivity contribution < 1.29 is 0 Å². The lowest BCUT2D eigenvalue weighted by Crippen LogP contribution is -1.89. The molecular weight excluding hydrogens is 319 g/mol. The number of halogens is 4. The Morgan fingerprint density at radius 1 is 1.27 bits per heavy atom. The van der Waals surface area contributed by atoms with E-state index in [1.165, 1.54) is 0 Å². The van der Waals surface area contributed by atoms with Crippen molar-refractivity contribution in [1.82, 2.24) is 0 Å². The summed E-state index contributed by atoms with van der Waals surface area (Å²) in [6, 6.07) is 3.55. The fourth-order valence-electron chi connectivity index (χ4n) is 0.543. The van der Waals surface area contributed by atoms with E-state index < -0.39 is 0 Å². The fourth-order valence-corrected chi connectivity index (χ4v) is 1.48. The maximum atomic E-state index is 5.72. The third-order valence-electron chi connectivity index (χ3n) is 1.08. The van der Waals surface area contributed by atoms with Crippen molar-refractivity contribution >= 4 is 63.9 Å². The van der Waals surface area contributed by atoms with Crippen LogP contribution in [0.5, 0.6) is 0 Å². The topological polar surface area (TPSA) is 26.0 Å². The van der Waals surface area contributed by atoms with E-state index in [0.717, 1.165) is 3.57 Å². The molecule has 0 atom stereocenters. The minimum Gasteiger partial charge on any atom is -0.397 e. The fraction of sp³-hybridized carbons (Fsp3) is 0. The molecule has 0 aliphatic heterocycles. The van der Waals surface area contributed by atoms with Crippen LogP contribution in [0.25, 0.3) is 0 Å². The number of hydrogen-bond acceptors (Lipinski definition) is 1. The van der Waals surface area contributed by atoms with Crippen molar-refractivity contribution in [3.63, 3.8) is 0 Å². The second-order valence-corrected chi connectivity index (χ2v) is 3.70. The van der Waals surface area contributed by atoms with E-state index in [1.54, 1.807) is 6.07 Å². The van der Waals surface area contributed by atoms with Crippen LogP contribution in [0.2, 0.25) is 10.0 Å². The second kappa shape index (κ2) is 4.60. The summed E-state index contributed by atoms with van der Waals surface area (Å²) in [7, 11) is 0. The molecule has 0 saturated heterocycles. The average molecular weight is 324 g/mol. The van der Waals surface area contributed by atoms with Crippen molar-refractivity contribution in [3.8, 4) is 0 Å². The Bertz CT molecular complexity index is 237. The lowest BCUT2D eigenvalue weighted by Gasteiger charge is -2.01. The summed E-state index contributed by atoms with van der Waals surface area (Å²) in [5.74, 6) is 0. The highest BCUT2D eigenvalue weighted by Gasteiger charge is 2.03. The number of anilines is 1. The van der Waals surface area contributed by atoms with Gasteiger partial charge in [0.05, 0.1) is 15.7 Å². The third-order valence-corrected chi connectivity index (χ3v) is 2.84. The zero-order chi connectivity index (χ0) is 7.72. The molecule has 2 N–H and O–H groups in total. The molecule has 0 amide bonds. The summed E-state index contributed by atoms with van der Waals surface area (Å²) in [4.78, 5) is 0. The molecule has 1 aromatic rings. The molecule has 62 valence electrons. The molecule has 0 aliphatic rings. The Morgan fingerprint density at radius 2 is 1.82 bits per heavy atom. The minimum absolute atomic E-state index is 0. The lowest BCUT2D eigenvalue weighted by atomic mass is 10.3. The molecule has 0 unspecified atom stereocenters. The van der Waals surface area contributed by atoms with Crippen LogP contribution >= 0.6 is 58.2 Å². The highest BCUT2D eigenvalue weighted by Crippen LogP contribution is 2.31. The predicted molar refractivity (Wildman–Crippen MR) is 60.8 cm³/mol. The Balaban J connectivity index is 0.000001000. The van der Waals surface area contributed by atoms with Crippen LogP contribution in [-0.2, 0) is 0 Å². The maximum absolute atomic E-state index is 5.72. The standard InChI is InChI=1S/C6H4Cl2IN.ClH/c7-3-1-2-4(9)6(10)5(3)8;/h1-2H,10H2;1H. The summed E-state index contributed by atoms with van der Waals surface area (Å²) in [6.45, 7) is 0. The second-order valence-electron chi connectivity index (χ2n) is 1.76. The van der Waals surface area contributed by atoms with E-state index in [4.69, 9.17) is 28.9 Å². The van der Waals surface area contributed by atoms with E-state index in [9.17, 15) is 0 Å². The molecule has 0 aromatic heterocycles. The molecular formula is C6H5Cl3IN. The van der Waals surface area contributed by atoms with Crippen molar-refractivity contribution in [2.24, 2.45) is 0 Å². The van der Waals surface area contributed by atoms with Gasteiger partial charge in [0.15, 0.2) is 0 Å². The largest absolute Gasteiger partial charge is 0.397 e. The SMILES string of the molecule is Cl.Nc1c(I)ccc(Cl)c1Cl. The van der Waals surface area contributed by atoms with Crippen molar-refractivity contribution in [1.29, 1.82) is 0 Å². The van der Waals surface area contributed by atoms with E-state index in [1.807, 2.05) is 6.07 Å². The van der Waals surface area contributed by atoms with Crippen molar-refractivity contribution in [3.05, 3.63) is 25.7 Å². The van der Waals surface area contributed by atoms with Gasteiger partial charge in [0.1, 0.15) is 0 Å². The zero-order valence-electron chi connectivity index (χ0n) is 5.27. The molecule has 0 fully saturated rings. The average Bonchev–Trinajstić information content (AvgIpc) is 1.93. The van der Waals surface area contributed by atoms with Gasteiger partial charge in [-0.1, -0.05) is 23.2 Å². The molecule has 5 heteroatoms. The first kappa shape index (κ1) is 11.6. The Morgan fingerprint density at radius 3 is 2.27 bits per heavy atom.